The molecule has 2 unspecified atom stereocenters. The third-order valence-electron chi connectivity index (χ3n) is 4.02. The molecule has 3 nitrogen and oxygen atoms in total. The largest absolute Gasteiger partial charge is 0.374 e. The minimum Gasteiger partial charge on any atom is -0.374 e. The van der Waals surface area contributed by atoms with E-state index in [0.29, 0.717) is 0 Å². The Bertz CT molecular complexity index is 434. The molecule has 2 atom stereocenters. The Labute approximate surface area is 137 Å². The lowest BCUT2D eigenvalue weighted by Gasteiger charge is -2.37. The van der Waals surface area contributed by atoms with Crippen molar-refractivity contribution < 1.29 is 4.74 Å². The van der Waals surface area contributed by atoms with Crippen LogP contribution in [0.25, 0.3) is 0 Å². The Kier molecular flexibility index (Phi) is 6.77. The molecule has 2 rings (SSSR count). The monoisotopic (exact) mass is 330 g/mol. The highest BCUT2D eigenvalue weighted by Crippen LogP contribution is 2.26. The molecule has 1 aromatic rings. The zero-order chi connectivity index (χ0) is 15.2. The third-order valence-corrected chi connectivity index (χ3v) is 4.73. The molecule has 0 bridgehead atoms. The quantitative estimate of drug-likeness (QED) is 0.866. The smallest absolute Gasteiger partial charge is 0.0858 e. The van der Waals surface area contributed by atoms with Gasteiger partial charge < -0.3 is 10.1 Å². The first-order chi connectivity index (χ1) is 10.2. The third kappa shape index (κ3) is 4.57. The first-order valence-corrected chi connectivity index (χ1v) is 8.35. The summed E-state index contributed by atoms with van der Waals surface area (Å²) >= 11 is 12.6. The summed E-state index contributed by atoms with van der Waals surface area (Å²) in [6.45, 7) is 6.11. The predicted octanol–water partition coefficient (Wildman–Crippen LogP) is 3.23. The number of nitrogens with zero attached hydrogens (tertiary/aromatic N) is 1. The van der Waals surface area contributed by atoms with E-state index in [0.717, 1.165) is 48.3 Å². The Balaban J connectivity index is 2.05. The van der Waals surface area contributed by atoms with Crippen LogP contribution < -0.4 is 5.32 Å². The Hall–Kier alpha value is -0.320. The molecular formula is C16H24Cl2N2O. The zero-order valence-corrected chi connectivity index (χ0v) is 14.3. The van der Waals surface area contributed by atoms with Crippen molar-refractivity contribution in [3.05, 3.63) is 33.8 Å². The van der Waals surface area contributed by atoms with Crippen LogP contribution in [0.3, 0.4) is 0 Å². The maximum absolute atomic E-state index is 6.28. The molecule has 1 aliphatic rings. The van der Waals surface area contributed by atoms with Crippen molar-refractivity contribution in [1.82, 2.24) is 10.2 Å². The number of morpholine rings is 1. The van der Waals surface area contributed by atoms with E-state index in [1.807, 2.05) is 25.2 Å². The average molecular weight is 331 g/mol. The highest BCUT2D eigenvalue weighted by Gasteiger charge is 2.28. The molecule has 118 valence electrons. The summed E-state index contributed by atoms with van der Waals surface area (Å²) in [5.74, 6) is 0. The van der Waals surface area contributed by atoms with Crippen molar-refractivity contribution in [2.75, 3.05) is 33.3 Å². The Morgan fingerprint density at radius 2 is 2.10 bits per heavy atom. The maximum Gasteiger partial charge on any atom is 0.0858 e. The van der Waals surface area contributed by atoms with Gasteiger partial charge in [-0.2, -0.15) is 0 Å². The molecule has 0 aliphatic carbocycles. The van der Waals surface area contributed by atoms with Gasteiger partial charge in [0, 0.05) is 29.2 Å². The normalized spacial score (nSPS) is 21.4. The molecule has 1 aromatic carbocycles. The second kappa shape index (κ2) is 8.35. The molecule has 5 heteroatoms. The number of hydrogen-bond donors (Lipinski definition) is 1. The van der Waals surface area contributed by atoms with Crippen molar-refractivity contribution in [3.8, 4) is 0 Å². The highest BCUT2D eigenvalue weighted by molar-refractivity contribution is 6.36. The molecule has 0 saturated carbocycles. The maximum atomic E-state index is 6.28. The van der Waals surface area contributed by atoms with Crippen molar-refractivity contribution in [3.63, 3.8) is 0 Å². The lowest BCUT2D eigenvalue weighted by Crippen LogP contribution is -2.52. The van der Waals surface area contributed by atoms with Gasteiger partial charge in [0.25, 0.3) is 0 Å². The van der Waals surface area contributed by atoms with Gasteiger partial charge in [0.2, 0.25) is 0 Å². The molecule has 1 fully saturated rings. The first-order valence-electron chi connectivity index (χ1n) is 7.59. The summed E-state index contributed by atoms with van der Waals surface area (Å²) in [6, 6.07) is 5.87. The molecule has 1 aliphatic heterocycles. The van der Waals surface area contributed by atoms with Crippen LogP contribution in [0.1, 0.15) is 18.9 Å². The van der Waals surface area contributed by atoms with E-state index in [1.54, 1.807) is 0 Å². The van der Waals surface area contributed by atoms with Gasteiger partial charge in [-0.25, -0.2) is 0 Å². The first kappa shape index (κ1) is 17.0. The number of hydrogen-bond acceptors (Lipinski definition) is 3. The molecule has 0 radical (unpaired) electrons. The van der Waals surface area contributed by atoms with Crippen molar-refractivity contribution in [1.29, 1.82) is 0 Å². The van der Waals surface area contributed by atoms with Gasteiger partial charge in [-0.3, -0.25) is 4.90 Å². The van der Waals surface area contributed by atoms with E-state index >= 15 is 0 Å². The summed E-state index contributed by atoms with van der Waals surface area (Å²) < 4.78 is 5.97. The van der Waals surface area contributed by atoms with Gasteiger partial charge in [-0.05, 0) is 44.1 Å². The van der Waals surface area contributed by atoms with E-state index in [4.69, 9.17) is 27.9 Å². The van der Waals surface area contributed by atoms with Crippen LogP contribution in [0.5, 0.6) is 0 Å². The standard InChI is InChI=1S/C16H24Cl2N2O/c1-3-7-20-8-9-21-16(11-20)15(19-2)10-12-13(17)5-4-6-14(12)18/h4-6,15-16,19H,3,7-11H2,1-2H3. The van der Waals surface area contributed by atoms with E-state index in [2.05, 4.69) is 17.1 Å². The van der Waals surface area contributed by atoms with Crippen LogP contribution >= 0.6 is 23.2 Å². The van der Waals surface area contributed by atoms with Crippen molar-refractivity contribution >= 4 is 23.2 Å². The number of likely N-dealkylation sites (N-methyl/N-ethyl adjacent to an activating group) is 1. The SMILES string of the molecule is CCCN1CCOC(C(Cc2c(Cl)cccc2Cl)NC)C1. The minimum atomic E-state index is 0.169. The van der Waals surface area contributed by atoms with Crippen LogP contribution in [0.4, 0.5) is 0 Å². The number of halogens is 2. The Morgan fingerprint density at radius 3 is 2.71 bits per heavy atom. The minimum absolute atomic E-state index is 0.169. The van der Waals surface area contributed by atoms with Crippen LogP contribution in [0.2, 0.25) is 10.0 Å². The number of rotatable bonds is 6. The second-order valence-corrected chi connectivity index (χ2v) is 6.32. The van der Waals surface area contributed by atoms with Gasteiger partial charge in [-0.1, -0.05) is 36.2 Å². The molecule has 1 heterocycles. The highest BCUT2D eigenvalue weighted by atomic mass is 35.5. The van der Waals surface area contributed by atoms with Crippen LogP contribution in [0.15, 0.2) is 18.2 Å². The van der Waals surface area contributed by atoms with Crippen LogP contribution in [-0.2, 0) is 11.2 Å². The van der Waals surface area contributed by atoms with Crippen LogP contribution in [0, 0.1) is 0 Å². The average Bonchev–Trinajstić information content (AvgIpc) is 2.48. The van der Waals surface area contributed by atoms with Gasteiger partial charge in [0.05, 0.1) is 12.7 Å². The van der Waals surface area contributed by atoms with Gasteiger partial charge >= 0.3 is 0 Å². The summed E-state index contributed by atoms with van der Waals surface area (Å²) in [5.41, 5.74) is 0.997. The summed E-state index contributed by atoms with van der Waals surface area (Å²) in [6.07, 6.45) is 2.12. The van der Waals surface area contributed by atoms with E-state index in [1.165, 1.54) is 6.42 Å². The fourth-order valence-electron chi connectivity index (χ4n) is 2.86. The van der Waals surface area contributed by atoms with E-state index < -0.39 is 0 Å². The van der Waals surface area contributed by atoms with E-state index in [-0.39, 0.29) is 12.1 Å². The number of benzene rings is 1. The second-order valence-electron chi connectivity index (χ2n) is 5.51. The van der Waals surface area contributed by atoms with Gasteiger partial charge in [-0.15, -0.1) is 0 Å². The fourth-order valence-corrected chi connectivity index (χ4v) is 3.41. The Morgan fingerprint density at radius 1 is 1.38 bits per heavy atom. The number of nitrogens with one attached hydrogen (secondary N) is 1. The predicted molar refractivity (Wildman–Crippen MR) is 89.5 cm³/mol. The number of ether oxygens (including phenoxy) is 1. The van der Waals surface area contributed by atoms with Crippen molar-refractivity contribution in [2.45, 2.75) is 31.9 Å². The van der Waals surface area contributed by atoms with Gasteiger partial charge in [0.1, 0.15) is 0 Å². The topological polar surface area (TPSA) is 24.5 Å². The van der Waals surface area contributed by atoms with Crippen LogP contribution in [-0.4, -0.2) is 50.3 Å². The van der Waals surface area contributed by atoms with Crippen molar-refractivity contribution in [2.24, 2.45) is 0 Å². The van der Waals surface area contributed by atoms with E-state index in [9.17, 15) is 0 Å². The zero-order valence-electron chi connectivity index (χ0n) is 12.7. The summed E-state index contributed by atoms with van der Waals surface area (Å²) in [5, 5.41) is 4.82. The fraction of sp³-hybridized carbons (Fsp3) is 0.625. The molecular weight excluding hydrogens is 307 g/mol. The summed E-state index contributed by atoms with van der Waals surface area (Å²) in [4.78, 5) is 2.46. The molecule has 1 saturated heterocycles. The molecule has 1 N–H and O–H groups in total. The molecule has 0 amide bonds. The lowest BCUT2D eigenvalue weighted by molar-refractivity contribution is -0.0450. The molecule has 21 heavy (non-hydrogen) atoms. The van der Waals surface area contributed by atoms with Gasteiger partial charge in [0.15, 0.2) is 0 Å². The lowest BCUT2D eigenvalue weighted by atomic mass is 10.00. The molecule has 0 aromatic heterocycles. The summed E-state index contributed by atoms with van der Waals surface area (Å²) in [7, 11) is 1.97. The molecule has 0 spiro atoms.